The highest BCUT2D eigenvalue weighted by Crippen LogP contribution is 2.50. The molecule has 2 aliphatic heterocycles. The van der Waals surface area contributed by atoms with E-state index in [9.17, 15) is 0 Å². The van der Waals surface area contributed by atoms with Crippen LogP contribution in [0.25, 0.3) is 0 Å². The van der Waals surface area contributed by atoms with Crippen LogP contribution < -0.4 is 10.2 Å². The van der Waals surface area contributed by atoms with Crippen LogP contribution in [0.4, 0.5) is 11.4 Å². The second kappa shape index (κ2) is 5.44. The van der Waals surface area contributed by atoms with Gasteiger partial charge in [0.1, 0.15) is 0 Å². The Labute approximate surface area is 133 Å². The highest BCUT2D eigenvalue weighted by atomic mass is 15.2. The maximum Gasteiger partial charge on any atom is 0.0482 e. The molecule has 0 radical (unpaired) electrons. The fraction of sp³-hybridized carbons (Fsp3) is 0.400. The fourth-order valence-electron chi connectivity index (χ4n) is 4.27. The number of hydrogen-bond acceptors (Lipinski definition) is 2. The summed E-state index contributed by atoms with van der Waals surface area (Å²) in [6.45, 7) is 3.46. The molecule has 2 heterocycles. The van der Waals surface area contributed by atoms with E-state index in [1.807, 2.05) is 0 Å². The third-order valence-electron chi connectivity index (χ3n) is 5.40. The summed E-state index contributed by atoms with van der Waals surface area (Å²) in [5.41, 5.74) is 7.48. The molecular formula is C20H24N2. The Bertz CT molecular complexity index is 692. The van der Waals surface area contributed by atoms with Crippen molar-refractivity contribution in [1.82, 2.24) is 5.32 Å². The van der Waals surface area contributed by atoms with Gasteiger partial charge in [-0.1, -0.05) is 43.3 Å². The average molecular weight is 292 g/mol. The topological polar surface area (TPSA) is 15.3 Å². The molecule has 22 heavy (non-hydrogen) atoms. The summed E-state index contributed by atoms with van der Waals surface area (Å²) in [7, 11) is 2.05. The highest BCUT2D eigenvalue weighted by molar-refractivity contribution is 5.78. The lowest BCUT2D eigenvalue weighted by Crippen LogP contribution is -2.32. The van der Waals surface area contributed by atoms with Gasteiger partial charge in [-0.05, 0) is 55.6 Å². The number of nitrogens with zero attached hydrogens (tertiary/aromatic N) is 1. The van der Waals surface area contributed by atoms with E-state index in [0.717, 1.165) is 19.4 Å². The predicted molar refractivity (Wildman–Crippen MR) is 93.2 cm³/mol. The zero-order chi connectivity index (χ0) is 15.1. The zero-order valence-electron chi connectivity index (χ0n) is 13.5. The number of anilines is 2. The van der Waals surface area contributed by atoms with E-state index >= 15 is 0 Å². The lowest BCUT2D eigenvalue weighted by atomic mass is 9.92. The summed E-state index contributed by atoms with van der Waals surface area (Å²) in [5.74, 6) is 0.592. The maximum atomic E-state index is 3.33. The lowest BCUT2D eigenvalue weighted by molar-refractivity contribution is 0.535. The summed E-state index contributed by atoms with van der Waals surface area (Å²) in [6, 6.07) is 16.4. The summed E-state index contributed by atoms with van der Waals surface area (Å²) in [4.78, 5) is 2.65. The number of nitrogens with one attached hydrogen (secondary N) is 1. The molecule has 0 aliphatic carbocycles. The van der Waals surface area contributed by atoms with Crippen LogP contribution >= 0.6 is 0 Å². The Balaban J connectivity index is 1.89. The molecule has 0 saturated carbocycles. The van der Waals surface area contributed by atoms with Gasteiger partial charge >= 0.3 is 0 Å². The Morgan fingerprint density at radius 1 is 1.05 bits per heavy atom. The van der Waals surface area contributed by atoms with Crippen LogP contribution in [0.3, 0.4) is 0 Å². The number of fused-ring (bicyclic) bond motifs is 2. The summed E-state index contributed by atoms with van der Waals surface area (Å²) in [5, 5.41) is 3.33. The first-order chi connectivity index (χ1) is 10.8. The molecule has 2 unspecified atom stereocenters. The van der Waals surface area contributed by atoms with Gasteiger partial charge in [-0.2, -0.15) is 0 Å². The van der Waals surface area contributed by atoms with Gasteiger partial charge in [0.15, 0.2) is 0 Å². The van der Waals surface area contributed by atoms with Gasteiger partial charge in [0.2, 0.25) is 0 Å². The molecule has 0 fully saturated rings. The van der Waals surface area contributed by atoms with Gasteiger partial charge in [-0.3, -0.25) is 0 Å². The van der Waals surface area contributed by atoms with Crippen LogP contribution in [0, 0.1) is 0 Å². The van der Waals surface area contributed by atoms with Crippen molar-refractivity contribution in [2.45, 2.75) is 38.1 Å². The average Bonchev–Trinajstić information content (AvgIpc) is 2.73. The van der Waals surface area contributed by atoms with Crippen LogP contribution in [0.15, 0.2) is 42.5 Å². The first-order valence-corrected chi connectivity index (χ1v) is 8.45. The first kappa shape index (κ1) is 13.8. The maximum absolute atomic E-state index is 3.33. The second-order valence-corrected chi connectivity index (χ2v) is 6.60. The van der Waals surface area contributed by atoms with Crippen molar-refractivity contribution in [3.63, 3.8) is 0 Å². The number of benzene rings is 2. The van der Waals surface area contributed by atoms with Crippen molar-refractivity contribution in [3.8, 4) is 0 Å². The number of rotatable bonds is 3. The fourth-order valence-corrected chi connectivity index (χ4v) is 4.27. The van der Waals surface area contributed by atoms with E-state index in [0.29, 0.717) is 12.0 Å². The summed E-state index contributed by atoms with van der Waals surface area (Å²) in [6.07, 6.45) is 3.48. The Morgan fingerprint density at radius 3 is 2.68 bits per heavy atom. The molecule has 2 aromatic rings. The van der Waals surface area contributed by atoms with Crippen molar-refractivity contribution in [2.75, 3.05) is 18.5 Å². The molecule has 0 aromatic heterocycles. The quantitative estimate of drug-likeness (QED) is 0.919. The van der Waals surface area contributed by atoms with Gasteiger partial charge in [-0.15, -0.1) is 0 Å². The van der Waals surface area contributed by atoms with Crippen LogP contribution in [0.5, 0.6) is 0 Å². The molecule has 2 nitrogen and oxygen atoms in total. The van der Waals surface area contributed by atoms with Crippen molar-refractivity contribution < 1.29 is 0 Å². The summed E-state index contributed by atoms with van der Waals surface area (Å²) < 4.78 is 0. The number of para-hydroxylation sites is 2. The van der Waals surface area contributed by atoms with Crippen LogP contribution in [0.1, 0.15) is 36.0 Å². The van der Waals surface area contributed by atoms with E-state index in [-0.39, 0.29) is 0 Å². The van der Waals surface area contributed by atoms with Gasteiger partial charge in [0.25, 0.3) is 0 Å². The van der Waals surface area contributed by atoms with E-state index in [1.54, 1.807) is 0 Å². The standard InChI is InChI=1S/C20H24N2/c1-14-17-8-5-7-16-11-10-15-6-3-4-9-19(15)22(20(16)17)18(14)12-13-21-2/h3-9,14,18,21H,10-13H2,1-2H3. The third-order valence-corrected chi connectivity index (χ3v) is 5.40. The largest absolute Gasteiger partial charge is 0.337 e. The molecule has 0 bridgehead atoms. The molecule has 1 N–H and O–H groups in total. The molecular weight excluding hydrogens is 268 g/mol. The Hall–Kier alpha value is -1.80. The first-order valence-electron chi connectivity index (χ1n) is 8.45. The van der Waals surface area contributed by atoms with Crippen molar-refractivity contribution in [3.05, 3.63) is 59.2 Å². The van der Waals surface area contributed by atoms with Crippen molar-refractivity contribution in [1.29, 1.82) is 0 Å². The highest BCUT2D eigenvalue weighted by Gasteiger charge is 2.39. The monoisotopic (exact) mass is 292 g/mol. The molecule has 2 heteroatoms. The van der Waals surface area contributed by atoms with Gasteiger partial charge < -0.3 is 10.2 Å². The normalized spacial score (nSPS) is 22.2. The molecule has 2 atom stereocenters. The van der Waals surface area contributed by atoms with Crippen molar-refractivity contribution in [2.24, 2.45) is 0 Å². The lowest BCUT2D eigenvalue weighted by Gasteiger charge is -2.31. The predicted octanol–water partition coefficient (Wildman–Crippen LogP) is 4.02. The minimum Gasteiger partial charge on any atom is -0.337 e. The van der Waals surface area contributed by atoms with E-state index in [1.165, 1.54) is 34.5 Å². The minimum atomic E-state index is 0.558. The summed E-state index contributed by atoms with van der Waals surface area (Å²) >= 11 is 0. The van der Waals surface area contributed by atoms with Crippen molar-refractivity contribution >= 4 is 11.4 Å². The zero-order valence-corrected chi connectivity index (χ0v) is 13.5. The van der Waals surface area contributed by atoms with Gasteiger partial charge in [0, 0.05) is 23.3 Å². The molecule has 2 aliphatic rings. The Kier molecular flexibility index (Phi) is 3.42. The minimum absolute atomic E-state index is 0.558. The van der Waals surface area contributed by atoms with Gasteiger partial charge in [-0.25, -0.2) is 0 Å². The molecule has 0 spiro atoms. The second-order valence-electron chi connectivity index (χ2n) is 6.60. The van der Waals surface area contributed by atoms with E-state index in [2.05, 4.69) is 66.7 Å². The molecule has 2 aromatic carbocycles. The van der Waals surface area contributed by atoms with Crippen LogP contribution in [-0.4, -0.2) is 19.6 Å². The molecule has 4 rings (SSSR count). The molecule has 0 saturated heterocycles. The van der Waals surface area contributed by atoms with E-state index < -0.39 is 0 Å². The smallest absolute Gasteiger partial charge is 0.0482 e. The van der Waals surface area contributed by atoms with E-state index in [4.69, 9.17) is 0 Å². The molecule has 114 valence electrons. The van der Waals surface area contributed by atoms with Gasteiger partial charge in [0.05, 0.1) is 0 Å². The third kappa shape index (κ3) is 1.98. The van der Waals surface area contributed by atoms with Crippen LogP contribution in [0.2, 0.25) is 0 Å². The number of hydrogen-bond donors (Lipinski definition) is 1. The Morgan fingerprint density at radius 2 is 1.82 bits per heavy atom. The SMILES string of the molecule is CNCCC1C(C)c2cccc3c2N1c1ccccc1CC3. The molecule has 0 amide bonds. The number of aryl methyl sites for hydroxylation is 2. The van der Waals surface area contributed by atoms with Crippen LogP contribution in [-0.2, 0) is 12.8 Å².